The molecule has 166 valence electrons. The van der Waals surface area contributed by atoms with Gasteiger partial charge in [0.2, 0.25) is 10.0 Å². The Hall–Kier alpha value is -1.97. The van der Waals surface area contributed by atoms with Gasteiger partial charge in [-0.2, -0.15) is 4.31 Å². The molecule has 8 nitrogen and oxygen atoms in total. The number of carbonyl (C=O) groups is 2. The molecule has 1 heterocycles. The third-order valence-electron chi connectivity index (χ3n) is 5.88. The molecule has 1 aliphatic heterocycles. The second kappa shape index (κ2) is 9.89. The van der Waals surface area contributed by atoms with Crippen LogP contribution in [0.25, 0.3) is 0 Å². The number of morpholine rings is 1. The molecule has 1 saturated carbocycles. The quantitative estimate of drug-likeness (QED) is 0.631. The molecule has 0 radical (unpaired) electrons. The van der Waals surface area contributed by atoms with Crippen molar-refractivity contribution in [3.63, 3.8) is 0 Å². The number of ether oxygens (including phenoxy) is 2. The number of nitrogens with zero attached hydrogens (tertiary/aromatic N) is 2. The van der Waals surface area contributed by atoms with E-state index >= 15 is 0 Å². The van der Waals surface area contributed by atoms with E-state index in [2.05, 4.69) is 0 Å². The third kappa shape index (κ3) is 5.19. The van der Waals surface area contributed by atoms with E-state index in [1.54, 1.807) is 24.9 Å². The lowest BCUT2D eigenvalue weighted by atomic mass is 9.94. The first-order valence-corrected chi connectivity index (χ1v) is 11.9. The molecule has 0 bridgehead atoms. The predicted molar refractivity (Wildman–Crippen MR) is 111 cm³/mol. The number of hydrogen-bond donors (Lipinski definition) is 0. The number of benzene rings is 1. The van der Waals surface area contributed by atoms with Crippen LogP contribution in [0.3, 0.4) is 0 Å². The van der Waals surface area contributed by atoms with Gasteiger partial charge in [-0.15, -0.1) is 0 Å². The van der Waals surface area contributed by atoms with Gasteiger partial charge < -0.3 is 14.4 Å². The fraction of sp³-hybridized carbons (Fsp3) is 0.619. The van der Waals surface area contributed by atoms with Crippen molar-refractivity contribution < 1.29 is 27.5 Å². The fourth-order valence-corrected chi connectivity index (χ4v) is 5.33. The van der Waals surface area contributed by atoms with E-state index in [4.69, 9.17) is 9.47 Å². The van der Waals surface area contributed by atoms with Crippen LogP contribution in [0, 0.1) is 6.92 Å². The van der Waals surface area contributed by atoms with Crippen molar-refractivity contribution in [1.82, 2.24) is 9.21 Å². The summed E-state index contributed by atoms with van der Waals surface area (Å²) in [5, 5.41) is 0. The Kier molecular flexibility index (Phi) is 7.49. The fourth-order valence-electron chi connectivity index (χ4n) is 3.90. The zero-order valence-corrected chi connectivity index (χ0v) is 18.4. The molecule has 30 heavy (non-hydrogen) atoms. The second-order valence-electron chi connectivity index (χ2n) is 7.87. The van der Waals surface area contributed by atoms with E-state index in [9.17, 15) is 18.0 Å². The monoisotopic (exact) mass is 438 g/mol. The average molecular weight is 439 g/mol. The predicted octanol–water partition coefficient (Wildman–Crippen LogP) is 1.96. The molecule has 0 N–H and O–H groups in total. The maximum absolute atomic E-state index is 12.9. The van der Waals surface area contributed by atoms with Crippen LogP contribution in [0.15, 0.2) is 23.1 Å². The van der Waals surface area contributed by atoms with Gasteiger partial charge in [0.25, 0.3) is 5.91 Å². The molecule has 0 aromatic heterocycles. The summed E-state index contributed by atoms with van der Waals surface area (Å²) in [5.41, 5.74) is 0.742. The van der Waals surface area contributed by atoms with Crippen LogP contribution in [-0.2, 0) is 24.3 Å². The Balaban J connectivity index is 1.66. The summed E-state index contributed by atoms with van der Waals surface area (Å²) in [5.74, 6) is -0.943. The van der Waals surface area contributed by atoms with Gasteiger partial charge in [-0.05, 0) is 37.5 Å². The molecule has 2 fully saturated rings. The maximum atomic E-state index is 12.9. The molecule has 9 heteroatoms. The standard InChI is InChI=1S/C21H30N2O6S/c1-16-8-9-18(30(26,27)23-10-12-28-13-11-23)14-19(16)21(25)29-15-20(24)22(2)17-6-4-3-5-7-17/h8-9,14,17H,3-7,10-13,15H2,1-2H3. The van der Waals surface area contributed by atoms with Crippen LogP contribution in [-0.4, -0.2) is 75.5 Å². The molecular formula is C21H30N2O6S. The summed E-state index contributed by atoms with van der Waals surface area (Å²) in [6.45, 7) is 2.59. The maximum Gasteiger partial charge on any atom is 0.338 e. The van der Waals surface area contributed by atoms with Crippen molar-refractivity contribution in [2.45, 2.75) is 50.0 Å². The van der Waals surface area contributed by atoms with Crippen LogP contribution in [0.2, 0.25) is 0 Å². The van der Waals surface area contributed by atoms with Gasteiger partial charge in [-0.25, -0.2) is 13.2 Å². The summed E-state index contributed by atoms with van der Waals surface area (Å²) < 4.78 is 37.5. The smallest absolute Gasteiger partial charge is 0.338 e. The normalized spacial score (nSPS) is 18.7. The highest BCUT2D eigenvalue weighted by Crippen LogP contribution is 2.23. The molecule has 2 aliphatic rings. The topological polar surface area (TPSA) is 93.2 Å². The Labute approximate surface area is 178 Å². The van der Waals surface area contributed by atoms with E-state index in [0.717, 1.165) is 25.7 Å². The number of sulfonamides is 1. The van der Waals surface area contributed by atoms with Gasteiger partial charge in [-0.1, -0.05) is 25.3 Å². The van der Waals surface area contributed by atoms with Crippen molar-refractivity contribution in [2.24, 2.45) is 0 Å². The highest BCUT2D eigenvalue weighted by molar-refractivity contribution is 7.89. The lowest BCUT2D eigenvalue weighted by Crippen LogP contribution is -2.41. The zero-order chi connectivity index (χ0) is 21.7. The Bertz CT molecular complexity index is 873. The van der Waals surface area contributed by atoms with Crippen molar-refractivity contribution in [2.75, 3.05) is 40.0 Å². The minimum atomic E-state index is -3.72. The first kappa shape index (κ1) is 22.7. The summed E-state index contributed by atoms with van der Waals surface area (Å²) in [6, 6.07) is 4.59. The molecule has 0 atom stereocenters. The highest BCUT2D eigenvalue weighted by Gasteiger charge is 2.28. The van der Waals surface area contributed by atoms with Gasteiger partial charge in [0, 0.05) is 26.2 Å². The third-order valence-corrected chi connectivity index (χ3v) is 7.77. The van der Waals surface area contributed by atoms with Gasteiger partial charge in [0.1, 0.15) is 0 Å². The van der Waals surface area contributed by atoms with Crippen molar-refractivity contribution >= 4 is 21.9 Å². The van der Waals surface area contributed by atoms with Gasteiger partial charge >= 0.3 is 5.97 Å². The molecule has 1 aromatic carbocycles. The molecule has 1 aromatic rings. The Morgan fingerprint density at radius 1 is 1.17 bits per heavy atom. The second-order valence-corrected chi connectivity index (χ2v) is 9.80. The van der Waals surface area contributed by atoms with E-state index in [-0.39, 0.29) is 42.1 Å². The summed E-state index contributed by atoms with van der Waals surface area (Å²) in [4.78, 5) is 26.7. The first-order valence-electron chi connectivity index (χ1n) is 10.4. The van der Waals surface area contributed by atoms with Crippen LogP contribution in [0.5, 0.6) is 0 Å². The SMILES string of the molecule is Cc1ccc(S(=O)(=O)N2CCOCC2)cc1C(=O)OCC(=O)N(C)C1CCCCC1. The van der Waals surface area contributed by atoms with E-state index in [1.807, 2.05) is 0 Å². The molecule has 3 rings (SSSR count). The highest BCUT2D eigenvalue weighted by atomic mass is 32.2. The van der Waals surface area contributed by atoms with Crippen molar-refractivity contribution in [3.05, 3.63) is 29.3 Å². The number of esters is 1. The van der Waals surface area contributed by atoms with Crippen molar-refractivity contribution in [1.29, 1.82) is 0 Å². The van der Waals surface area contributed by atoms with E-state index in [1.165, 1.54) is 22.9 Å². The van der Waals surface area contributed by atoms with E-state index < -0.39 is 16.0 Å². The molecule has 1 aliphatic carbocycles. The summed E-state index contributed by atoms with van der Waals surface area (Å²) >= 11 is 0. The number of hydrogen-bond acceptors (Lipinski definition) is 6. The summed E-state index contributed by atoms with van der Waals surface area (Å²) in [6.07, 6.45) is 5.33. The minimum Gasteiger partial charge on any atom is -0.452 e. The zero-order valence-electron chi connectivity index (χ0n) is 17.6. The number of amides is 1. The lowest BCUT2D eigenvalue weighted by molar-refractivity contribution is -0.135. The minimum absolute atomic E-state index is 0.0348. The molecule has 1 saturated heterocycles. The molecule has 1 amide bonds. The Morgan fingerprint density at radius 3 is 2.50 bits per heavy atom. The molecular weight excluding hydrogens is 408 g/mol. The summed E-state index contributed by atoms with van der Waals surface area (Å²) in [7, 11) is -1.98. The average Bonchev–Trinajstić information content (AvgIpc) is 2.78. The van der Waals surface area contributed by atoms with Crippen molar-refractivity contribution in [3.8, 4) is 0 Å². The number of likely N-dealkylation sites (N-methyl/N-ethyl adjacent to an activating group) is 1. The lowest BCUT2D eigenvalue weighted by Gasteiger charge is -2.31. The number of rotatable bonds is 6. The van der Waals surface area contributed by atoms with E-state index in [0.29, 0.717) is 18.8 Å². The molecule has 0 unspecified atom stereocenters. The molecule has 0 spiro atoms. The number of aryl methyl sites for hydroxylation is 1. The largest absolute Gasteiger partial charge is 0.452 e. The Morgan fingerprint density at radius 2 is 1.83 bits per heavy atom. The van der Waals surface area contributed by atoms with Crippen LogP contribution in [0.4, 0.5) is 0 Å². The van der Waals surface area contributed by atoms with Crippen LogP contribution in [0.1, 0.15) is 48.0 Å². The van der Waals surface area contributed by atoms with Crippen LogP contribution < -0.4 is 0 Å². The van der Waals surface area contributed by atoms with Gasteiger partial charge in [-0.3, -0.25) is 4.79 Å². The van der Waals surface area contributed by atoms with Gasteiger partial charge in [0.15, 0.2) is 6.61 Å². The van der Waals surface area contributed by atoms with Gasteiger partial charge in [0.05, 0.1) is 23.7 Å². The van der Waals surface area contributed by atoms with Crippen LogP contribution >= 0.6 is 0 Å². The first-order chi connectivity index (χ1) is 14.3. The number of carbonyl (C=O) groups excluding carboxylic acids is 2.